The summed E-state index contributed by atoms with van der Waals surface area (Å²) in [6, 6.07) is -0.702. The number of hydrogen-bond acceptors (Lipinski definition) is 5. The molecule has 0 bridgehead atoms. The number of hydrogen-bond donors (Lipinski definition) is 3. The third-order valence-electron chi connectivity index (χ3n) is 11.5. The molecule has 340 valence electrons. The number of aliphatic hydroxyl groups is 2. The number of amides is 1. The van der Waals surface area contributed by atoms with E-state index >= 15 is 0 Å². The normalized spacial score (nSPS) is 13.5. The smallest absolute Gasteiger partial charge is 0.306 e. The van der Waals surface area contributed by atoms with E-state index in [9.17, 15) is 19.8 Å². The average Bonchev–Trinajstić information content (AvgIpc) is 3.22. The minimum atomic E-state index is -0.788. The summed E-state index contributed by atoms with van der Waals surface area (Å²) in [5.41, 5.74) is 0. The quantitative estimate of drug-likeness (QED) is 0.0323. The molecule has 0 aromatic rings. The van der Waals surface area contributed by atoms with Crippen molar-refractivity contribution >= 4 is 11.9 Å². The summed E-state index contributed by atoms with van der Waals surface area (Å²) in [5, 5.41) is 23.7. The zero-order valence-corrected chi connectivity index (χ0v) is 38.7. The van der Waals surface area contributed by atoms with Gasteiger partial charge < -0.3 is 20.3 Å². The molecule has 0 aromatic carbocycles. The van der Waals surface area contributed by atoms with Gasteiger partial charge in [0.15, 0.2) is 0 Å². The Hall–Kier alpha value is -1.92. The van der Waals surface area contributed by atoms with Crippen LogP contribution in [-0.2, 0) is 14.3 Å². The highest BCUT2D eigenvalue weighted by Gasteiger charge is 2.24. The van der Waals surface area contributed by atoms with Crippen LogP contribution >= 0.6 is 0 Å². The summed E-state index contributed by atoms with van der Waals surface area (Å²) >= 11 is 0. The van der Waals surface area contributed by atoms with Crippen molar-refractivity contribution in [2.24, 2.45) is 0 Å². The van der Waals surface area contributed by atoms with E-state index in [0.717, 1.165) is 83.5 Å². The van der Waals surface area contributed by atoms with Crippen LogP contribution in [0.1, 0.15) is 258 Å². The van der Waals surface area contributed by atoms with Gasteiger partial charge in [0.25, 0.3) is 0 Å². The molecule has 0 saturated heterocycles. The standard InChI is InChI=1S/C52H97NO5/c1-4-7-10-13-16-19-22-25-27-30-33-36-39-42-45-52(57)58-48(43-40-37-34-31-28-26-23-20-17-14-11-8-5-2)46-51(56)53-49(47-54)50(55)44-41-38-35-32-29-24-21-18-15-12-9-6-3/h7,10,16,19-20,23,48-50,54-55H,4-6,8-9,11-15,17-18,21-22,24-47H2,1-3H3,(H,53,56)/b10-7+,19-16+,23-20-. The number of unbranched alkanes of at least 4 members (excludes halogenated alkanes) is 27. The molecule has 0 fully saturated rings. The first-order chi connectivity index (χ1) is 28.5. The van der Waals surface area contributed by atoms with Crippen molar-refractivity contribution in [3.05, 3.63) is 36.5 Å². The fraction of sp³-hybridized carbons (Fsp3) is 0.846. The van der Waals surface area contributed by atoms with E-state index < -0.39 is 18.2 Å². The number of esters is 1. The van der Waals surface area contributed by atoms with Crippen molar-refractivity contribution in [3.63, 3.8) is 0 Å². The van der Waals surface area contributed by atoms with Crippen LogP contribution in [0, 0.1) is 0 Å². The van der Waals surface area contributed by atoms with Gasteiger partial charge in [-0.3, -0.25) is 9.59 Å². The molecule has 0 heterocycles. The molecule has 0 rings (SSSR count). The van der Waals surface area contributed by atoms with Crippen molar-refractivity contribution in [1.29, 1.82) is 0 Å². The van der Waals surface area contributed by atoms with E-state index in [0.29, 0.717) is 19.3 Å². The Balaban J connectivity index is 4.58. The fourth-order valence-corrected chi connectivity index (χ4v) is 7.64. The van der Waals surface area contributed by atoms with Gasteiger partial charge >= 0.3 is 5.97 Å². The maximum Gasteiger partial charge on any atom is 0.306 e. The molecule has 58 heavy (non-hydrogen) atoms. The Morgan fingerprint density at radius 2 is 0.931 bits per heavy atom. The molecular formula is C52H97NO5. The van der Waals surface area contributed by atoms with Gasteiger partial charge in [-0.1, -0.05) is 205 Å². The first-order valence-corrected chi connectivity index (χ1v) is 25.2. The highest BCUT2D eigenvalue weighted by molar-refractivity contribution is 5.77. The second-order valence-electron chi connectivity index (χ2n) is 17.2. The van der Waals surface area contributed by atoms with Crippen LogP contribution in [0.15, 0.2) is 36.5 Å². The van der Waals surface area contributed by atoms with E-state index in [1.807, 2.05) is 0 Å². The second kappa shape index (κ2) is 46.2. The molecule has 0 aliphatic carbocycles. The van der Waals surface area contributed by atoms with Crippen LogP contribution in [0.4, 0.5) is 0 Å². The summed E-state index contributed by atoms with van der Waals surface area (Å²) in [7, 11) is 0. The molecule has 3 N–H and O–H groups in total. The first kappa shape index (κ1) is 56.1. The average molecular weight is 816 g/mol. The SMILES string of the molecule is CC/C=C/C/C=C/CCCCCCCCCC(=O)OC(CCCCCCC/C=C\CCCCCC)CC(=O)NC(CO)C(O)CCCCCCCCCCCCCC. The van der Waals surface area contributed by atoms with Gasteiger partial charge in [0.2, 0.25) is 5.91 Å². The topological polar surface area (TPSA) is 95.9 Å². The zero-order valence-electron chi connectivity index (χ0n) is 38.7. The van der Waals surface area contributed by atoms with Crippen LogP contribution in [0.25, 0.3) is 0 Å². The van der Waals surface area contributed by atoms with Crippen molar-refractivity contribution in [3.8, 4) is 0 Å². The summed E-state index contributed by atoms with van der Waals surface area (Å²) < 4.78 is 5.92. The lowest BCUT2D eigenvalue weighted by Crippen LogP contribution is -2.46. The zero-order chi connectivity index (χ0) is 42.4. The number of nitrogens with one attached hydrogen (secondary N) is 1. The molecule has 0 saturated carbocycles. The van der Waals surface area contributed by atoms with E-state index in [1.165, 1.54) is 128 Å². The third-order valence-corrected chi connectivity index (χ3v) is 11.5. The maximum absolute atomic E-state index is 13.2. The van der Waals surface area contributed by atoms with Gasteiger partial charge in [0.1, 0.15) is 6.10 Å². The van der Waals surface area contributed by atoms with Gasteiger partial charge in [-0.15, -0.1) is 0 Å². The lowest BCUT2D eigenvalue weighted by atomic mass is 10.0. The summed E-state index contributed by atoms with van der Waals surface area (Å²) in [6.07, 6.45) is 53.4. The van der Waals surface area contributed by atoms with Gasteiger partial charge in [-0.05, 0) is 77.0 Å². The van der Waals surface area contributed by atoms with Crippen molar-refractivity contribution in [1.82, 2.24) is 5.32 Å². The third kappa shape index (κ3) is 40.8. The number of rotatable bonds is 45. The lowest BCUT2D eigenvalue weighted by molar-refractivity contribution is -0.151. The molecule has 3 unspecified atom stereocenters. The minimum absolute atomic E-state index is 0.0707. The number of aliphatic hydroxyl groups excluding tert-OH is 2. The van der Waals surface area contributed by atoms with Crippen molar-refractivity contribution in [2.45, 2.75) is 277 Å². The van der Waals surface area contributed by atoms with Crippen LogP contribution < -0.4 is 5.32 Å². The van der Waals surface area contributed by atoms with Gasteiger partial charge in [-0.2, -0.15) is 0 Å². The van der Waals surface area contributed by atoms with Gasteiger partial charge in [0, 0.05) is 6.42 Å². The van der Waals surface area contributed by atoms with E-state index in [2.05, 4.69) is 62.5 Å². The predicted molar refractivity (Wildman–Crippen MR) is 250 cm³/mol. The predicted octanol–water partition coefficient (Wildman–Crippen LogP) is 14.9. The molecule has 0 radical (unpaired) electrons. The van der Waals surface area contributed by atoms with Crippen LogP contribution in [-0.4, -0.2) is 46.9 Å². The van der Waals surface area contributed by atoms with Crippen LogP contribution in [0.2, 0.25) is 0 Å². The molecule has 6 heteroatoms. The summed E-state index contributed by atoms with van der Waals surface area (Å²) in [5.74, 6) is -0.485. The molecular weight excluding hydrogens is 719 g/mol. The highest BCUT2D eigenvalue weighted by atomic mass is 16.5. The van der Waals surface area contributed by atoms with E-state index in [1.54, 1.807) is 0 Å². The van der Waals surface area contributed by atoms with Gasteiger partial charge in [-0.25, -0.2) is 0 Å². The molecule has 1 amide bonds. The number of allylic oxidation sites excluding steroid dienone is 6. The second-order valence-corrected chi connectivity index (χ2v) is 17.2. The first-order valence-electron chi connectivity index (χ1n) is 25.2. The molecule has 3 atom stereocenters. The molecule has 0 aromatic heterocycles. The minimum Gasteiger partial charge on any atom is -0.462 e. The van der Waals surface area contributed by atoms with Crippen LogP contribution in [0.3, 0.4) is 0 Å². The Morgan fingerprint density at radius 1 is 0.517 bits per heavy atom. The van der Waals surface area contributed by atoms with Crippen LogP contribution in [0.5, 0.6) is 0 Å². The molecule has 6 nitrogen and oxygen atoms in total. The number of ether oxygens (including phenoxy) is 1. The number of carbonyl (C=O) groups excluding carboxylic acids is 2. The largest absolute Gasteiger partial charge is 0.462 e. The Bertz CT molecular complexity index is 961. The highest BCUT2D eigenvalue weighted by Crippen LogP contribution is 2.18. The monoisotopic (exact) mass is 816 g/mol. The summed E-state index contributed by atoms with van der Waals surface area (Å²) in [4.78, 5) is 26.1. The lowest BCUT2D eigenvalue weighted by Gasteiger charge is -2.24. The van der Waals surface area contributed by atoms with Crippen molar-refractivity contribution in [2.75, 3.05) is 6.61 Å². The number of carbonyl (C=O) groups is 2. The Labute approximate surface area is 360 Å². The Kier molecular flexibility index (Phi) is 44.6. The van der Waals surface area contributed by atoms with Gasteiger partial charge in [0.05, 0.1) is 25.2 Å². The molecule has 0 aliphatic heterocycles. The fourth-order valence-electron chi connectivity index (χ4n) is 7.64. The molecule has 0 spiro atoms. The maximum atomic E-state index is 13.2. The summed E-state index contributed by atoms with van der Waals surface area (Å²) in [6.45, 7) is 6.36. The molecule has 0 aliphatic rings. The van der Waals surface area contributed by atoms with Crippen molar-refractivity contribution < 1.29 is 24.5 Å². The van der Waals surface area contributed by atoms with E-state index in [4.69, 9.17) is 4.74 Å². The van der Waals surface area contributed by atoms with E-state index in [-0.39, 0.29) is 24.9 Å². The Morgan fingerprint density at radius 3 is 1.43 bits per heavy atom.